The van der Waals surface area contributed by atoms with Gasteiger partial charge >= 0.3 is 6.09 Å². The molecule has 120 valence electrons. The molecule has 2 N–H and O–H groups in total. The molecule has 2 aromatic rings. The van der Waals surface area contributed by atoms with Gasteiger partial charge in [0.25, 0.3) is 5.88 Å². The Labute approximate surface area is 128 Å². The van der Waals surface area contributed by atoms with Crippen LogP contribution in [0.25, 0.3) is 11.0 Å². The van der Waals surface area contributed by atoms with Gasteiger partial charge in [0.2, 0.25) is 0 Å². The molecule has 7 heteroatoms. The van der Waals surface area contributed by atoms with Crippen molar-refractivity contribution < 1.29 is 23.9 Å². The van der Waals surface area contributed by atoms with Crippen LogP contribution in [0.4, 0.5) is 4.79 Å². The minimum atomic E-state index is -0.611. The van der Waals surface area contributed by atoms with Gasteiger partial charge in [-0.3, -0.25) is 0 Å². The van der Waals surface area contributed by atoms with Crippen molar-refractivity contribution >= 4 is 17.1 Å². The second-order valence-corrected chi connectivity index (χ2v) is 5.82. The number of aromatic nitrogens is 1. The van der Waals surface area contributed by atoms with E-state index >= 15 is 0 Å². The number of rotatable bonds is 5. The molecule has 0 radical (unpaired) electrons. The van der Waals surface area contributed by atoms with Crippen molar-refractivity contribution in [2.75, 3.05) is 13.2 Å². The van der Waals surface area contributed by atoms with E-state index in [0.717, 1.165) is 5.39 Å². The summed E-state index contributed by atoms with van der Waals surface area (Å²) < 4.78 is 15.7. The van der Waals surface area contributed by atoms with Gasteiger partial charge in [0.05, 0.1) is 18.0 Å². The van der Waals surface area contributed by atoms with Gasteiger partial charge in [-0.25, -0.2) is 4.79 Å². The minimum Gasteiger partial charge on any atom is -0.473 e. The Balaban J connectivity index is 1.92. The Bertz CT molecular complexity index is 632. The summed E-state index contributed by atoms with van der Waals surface area (Å²) in [5.74, 6) is 0.319. The Kier molecular flexibility index (Phi) is 4.87. The van der Waals surface area contributed by atoms with Crippen molar-refractivity contribution in [1.82, 2.24) is 10.5 Å². The lowest BCUT2D eigenvalue weighted by molar-refractivity contribution is 0.0456. The number of para-hydroxylation sites is 1. The van der Waals surface area contributed by atoms with E-state index in [9.17, 15) is 9.90 Å². The van der Waals surface area contributed by atoms with Crippen molar-refractivity contribution in [3.05, 3.63) is 24.3 Å². The first-order chi connectivity index (χ1) is 10.4. The van der Waals surface area contributed by atoms with Crippen molar-refractivity contribution in [2.45, 2.75) is 32.4 Å². The van der Waals surface area contributed by atoms with Gasteiger partial charge in [-0.05, 0) is 38.1 Å². The van der Waals surface area contributed by atoms with E-state index in [-0.39, 0.29) is 13.2 Å². The summed E-state index contributed by atoms with van der Waals surface area (Å²) in [6.45, 7) is 5.05. The third-order valence-corrected chi connectivity index (χ3v) is 2.71. The lowest BCUT2D eigenvalue weighted by atomic mass is 10.2. The van der Waals surface area contributed by atoms with Crippen molar-refractivity contribution in [2.24, 2.45) is 0 Å². The van der Waals surface area contributed by atoms with Crippen LogP contribution in [0.1, 0.15) is 20.8 Å². The Morgan fingerprint density at radius 3 is 2.82 bits per heavy atom. The predicted octanol–water partition coefficient (Wildman–Crippen LogP) is 2.09. The van der Waals surface area contributed by atoms with Crippen LogP contribution < -0.4 is 10.1 Å². The summed E-state index contributed by atoms with van der Waals surface area (Å²) >= 11 is 0. The molecule has 7 nitrogen and oxygen atoms in total. The van der Waals surface area contributed by atoms with Crippen LogP contribution in [-0.4, -0.2) is 41.2 Å². The fourth-order valence-electron chi connectivity index (χ4n) is 1.76. The molecular weight excluding hydrogens is 288 g/mol. The number of hydrogen-bond donors (Lipinski definition) is 2. The first-order valence-corrected chi connectivity index (χ1v) is 6.96. The summed E-state index contributed by atoms with van der Waals surface area (Å²) in [7, 11) is 0. The highest BCUT2D eigenvalue weighted by Gasteiger charge is 2.20. The number of hydrogen-bond acceptors (Lipinski definition) is 6. The second kappa shape index (κ2) is 6.65. The fraction of sp³-hybridized carbons (Fsp3) is 0.467. The first-order valence-electron chi connectivity index (χ1n) is 6.96. The van der Waals surface area contributed by atoms with Gasteiger partial charge in [-0.1, -0.05) is 12.1 Å². The quantitative estimate of drug-likeness (QED) is 0.878. The van der Waals surface area contributed by atoms with E-state index < -0.39 is 17.7 Å². The molecule has 0 aliphatic heterocycles. The number of nitrogens with one attached hydrogen (secondary N) is 1. The average Bonchev–Trinajstić information content (AvgIpc) is 2.84. The molecule has 1 heterocycles. The molecule has 0 aliphatic carbocycles. The molecular formula is C15H20N2O5. The summed E-state index contributed by atoms with van der Waals surface area (Å²) in [5, 5.41) is 16.4. The second-order valence-electron chi connectivity index (χ2n) is 5.82. The number of amides is 1. The molecule has 0 bridgehead atoms. The van der Waals surface area contributed by atoms with Gasteiger partial charge < -0.3 is 24.4 Å². The van der Waals surface area contributed by atoms with Gasteiger partial charge in [-0.15, -0.1) is 0 Å². The van der Waals surface area contributed by atoms with E-state index in [2.05, 4.69) is 10.5 Å². The lowest BCUT2D eigenvalue weighted by Crippen LogP contribution is -2.44. The van der Waals surface area contributed by atoms with Gasteiger partial charge in [0.15, 0.2) is 5.58 Å². The first kappa shape index (κ1) is 16.1. The predicted molar refractivity (Wildman–Crippen MR) is 79.7 cm³/mol. The maximum atomic E-state index is 11.7. The van der Waals surface area contributed by atoms with Crippen LogP contribution in [0.2, 0.25) is 0 Å². The van der Waals surface area contributed by atoms with Crippen LogP contribution in [0.15, 0.2) is 28.8 Å². The zero-order valence-corrected chi connectivity index (χ0v) is 12.8. The van der Waals surface area contributed by atoms with Crippen LogP contribution in [0, 0.1) is 0 Å². The van der Waals surface area contributed by atoms with Crippen molar-refractivity contribution in [3.63, 3.8) is 0 Å². The number of fused-ring (bicyclic) bond motifs is 1. The molecule has 0 spiro atoms. The number of nitrogens with zero attached hydrogens (tertiary/aromatic N) is 1. The molecule has 0 saturated heterocycles. The van der Waals surface area contributed by atoms with Crippen LogP contribution in [-0.2, 0) is 4.74 Å². The van der Waals surface area contributed by atoms with Crippen LogP contribution in [0.5, 0.6) is 5.88 Å². The minimum absolute atomic E-state index is 0.0479. The van der Waals surface area contributed by atoms with Gasteiger partial charge in [-0.2, -0.15) is 0 Å². The third-order valence-electron chi connectivity index (χ3n) is 2.71. The largest absolute Gasteiger partial charge is 0.473 e. The zero-order valence-electron chi connectivity index (χ0n) is 12.8. The third kappa shape index (κ3) is 4.36. The Hall–Kier alpha value is -2.28. The molecule has 0 saturated carbocycles. The number of carbonyl (C=O) groups excluding carboxylic acids is 1. The monoisotopic (exact) mass is 308 g/mol. The Morgan fingerprint density at radius 1 is 1.41 bits per heavy atom. The summed E-state index contributed by atoms with van der Waals surface area (Å²) in [5.41, 5.74) is 0.00549. The maximum Gasteiger partial charge on any atom is 0.408 e. The molecule has 1 unspecified atom stereocenters. The number of alkyl carbamates (subject to hydrolysis) is 1. The van der Waals surface area contributed by atoms with Crippen molar-refractivity contribution in [3.8, 4) is 5.88 Å². The van der Waals surface area contributed by atoms with Crippen LogP contribution in [0.3, 0.4) is 0 Å². The summed E-state index contributed by atoms with van der Waals surface area (Å²) in [6, 6.07) is 6.66. The highest BCUT2D eigenvalue weighted by atomic mass is 16.6. The SMILES string of the molecule is CC(C)(C)OC(=O)NC(CO)COc1noc2ccccc12. The maximum absolute atomic E-state index is 11.7. The fourth-order valence-corrected chi connectivity index (χ4v) is 1.76. The number of ether oxygens (including phenoxy) is 2. The van der Waals surface area contributed by atoms with E-state index in [0.29, 0.717) is 11.5 Å². The van der Waals surface area contributed by atoms with Gasteiger partial charge in [0, 0.05) is 0 Å². The van der Waals surface area contributed by atoms with E-state index in [1.165, 1.54) is 0 Å². The standard InChI is InChI=1S/C15H20N2O5/c1-15(2,3)21-14(19)16-10(8-18)9-20-13-11-6-4-5-7-12(11)22-17-13/h4-7,10,18H,8-9H2,1-3H3,(H,16,19). The molecule has 1 aromatic heterocycles. The zero-order chi connectivity index (χ0) is 16.2. The summed E-state index contributed by atoms with van der Waals surface area (Å²) in [4.78, 5) is 11.7. The van der Waals surface area contributed by atoms with Crippen molar-refractivity contribution in [1.29, 1.82) is 0 Å². The lowest BCUT2D eigenvalue weighted by Gasteiger charge is -2.22. The number of aliphatic hydroxyl groups excluding tert-OH is 1. The molecule has 22 heavy (non-hydrogen) atoms. The molecule has 1 amide bonds. The molecule has 2 rings (SSSR count). The van der Waals surface area contributed by atoms with E-state index in [1.54, 1.807) is 26.8 Å². The Morgan fingerprint density at radius 2 is 2.14 bits per heavy atom. The molecule has 1 atom stereocenters. The van der Waals surface area contributed by atoms with Crippen LogP contribution >= 0.6 is 0 Å². The topological polar surface area (TPSA) is 93.8 Å². The average molecular weight is 308 g/mol. The van der Waals surface area contributed by atoms with E-state index in [1.807, 2.05) is 18.2 Å². The molecule has 1 aromatic carbocycles. The van der Waals surface area contributed by atoms with E-state index in [4.69, 9.17) is 14.0 Å². The number of benzene rings is 1. The highest BCUT2D eigenvalue weighted by Crippen LogP contribution is 2.24. The smallest absolute Gasteiger partial charge is 0.408 e. The highest BCUT2D eigenvalue weighted by molar-refractivity contribution is 5.81. The van der Waals surface area contributed by atoms with Gasteiger partial charge in [0.1, 0.15) is 12.2 Å². The molecule has 0 fully saturated rings. The molecule has 0 aliphatic rings. The number of aliphatic hydroxyl groups is 1. The number of carbonyl (C=O) groups is 1. The summed E-state index contributed by atoms with van der Waals surface area (Å²) in [6.07, 6.45) is -0.611. The normalized spacial score (nSPS) is 12.9.